The lowest BCUT2D eigenvalue weighted by molar-refractivity contribution is 0.733. The normalized spacial score (nSPS) is 12.9. The maximum absolute atomic E-state index is 5.51. The minimum Gasteiger partial charge on any atom is -0.326 e. The van der Waals surface area contributed by atoms with Crippen molar-refractivity contribution < 1.29 is 0 Å². The summed E-state index contributed by atoms with van der Waals surface area (Å²) in [6.07, 6.45) is 1.20. The summed E-state index contributed by atoms with van der Waals surface area (Å²) in [7, 11) is 0. The van der Waals surface area contributed by atoms with Gasteiger partial charge < -0.3 is 5.73 Å². The summed E-state index contributed by atoms with van der Waals surface area (Å²) >= 11 is 0. The van der Waals surface area contributed by atoms with Crippen molar-refractivity contribution in [2.24, 2.45) is 5.73 Å². The number of hydrogen-bond acceptors (Lipinski definition) is 1. The molecule has 1 rings (SSSR count). The summed E-state index contributed by atoms with van der Waals surface area (Å²) in [4.78, 5) is 0. The Labute approximate surface area is 74.6 Å². The summed E-state index contributed by atoms with van der Waals surface area (Å²) in [5.41, 5.74) is 8.13. The minimum absolute atomic E-state index is 0.640. The quantitative estimate of drug-likeness (QED) is 0.728. The second kappa shape index (κ2) is 4.27. The molecule has 0 spiro atoms. The molecule has 1 aromatic rings. The van der Waals surface area contributed by atoms with E-state index in [0.29, 0.717) is 12.5 Å². The van der Waals surface area contributed by atoms with E-state index in [-0.39, 0.29) is 0 Å². The van der Waals surface area contributed by atoms with E-state index >= 15 is 0 Å². The van der Waals surface area contributed by atoms with Crippen LogP contribution in [0.4, 0.5) is 0 Å². The third-order valence-corrected chi connectivity index (χ3v) is 2.40. The predicted octanol–water partition coefficient (Wildman–Crippen LogP) is 2.66. The van der Waals surface area contributed by atoms with Gasteiger partial charge in [0.25, 0.3) is 0 Å². The van der Waals surface area contributed by atoms with Crippen LogP contribution in [0.5, 0.6) is 0 Å². The largest absolute Gasteiger partial charge is 0.326 e. The van der Waals surface area contributed by atoms with Gasteiger partial charge in [-0.15, -0.1) is 0 Å². The Morgan fingerprint density at radius 2 is 1.83 bits per heavy atom. The van der Waals surface area contributed by atoms with Crippen molar-refractivity contribution in [3.63, 3.8) is 0 Å². The van der Waals surface area contributed by atoms with Gasteiger partial charge in [0, 0.05) is 6.54 Å². The molecule has 0 amide bonds. The van der Waals surface area contributed by atoms with Crippen LogP contribution >= 0.6 is 0 Å². The summed E-state index contributed by atoms with van der Waals surface area (Å²) in [5.74, 6) is 0.664. The number of benzene rings is 1. The lowest BCUT2D eigenvalue weighted by Gasteiger charge is -2.08. The molecule has 0 aliphatic carbocycles. The fourth-order valence-electron chi connectivity index (χ4n) is 1.22. The summed E-state index contributed by atoms with van der Waals surface area (Å²) in [6, 6.07) is 8.58. The first-order valence-electron chi connectivity index (χ1n) is 4.56. The molecule has 0 aliphatic rings. The van der Waals surface area contributed by atoms with Crippen LogP contribution in [0.25, 0.3) is 0 Å². The van der Waals surface area contributed by atoms with Gasteiger partial charge in [-0.05, 0) is 23.5 Å². The smallest absolute Gasteiger partial charge is 0.0178 e. The van der Waals surface area contributed by atoms with Crippen LogP contribution in [-0.4, -0.2) is 0 Å². The van der Waals surface area contributed by atoms with Crippen LogP contribution in [0.15, 0.2) is 24.3 Å². The van der Waals surface area contributed by atoms with Crippen molar-refractivity contribution in [1.82, 2.24) is 0 Å². The van der Waals surface area contributed by atoms with E-state index < -0.39 is 0 Å². The van der Waals surface area contributed by atoms with Crippen LogP contribution in [0.2, 0.25) is 0 Å². The Kier molecular flexibility index (Phi) is 3.30. The second-order valence-electron chi connectivity index (χ2n) is 3.26. The van der Waals surface area contributed by atoms with Crippen LogP contribution in [0.3, 0.4) is 0 Å². The van der Waals surface area contributed by atoms with Gasteiger partial charge in [-0.2, -0.15) is 0 Å². The maximum Gasteiger partial charge on any atom is 0.0178 e. The first-order valence-corrected chi connectivity index (χ1v) is 4.56. The van der Waals surface area contributed by atoms with Gasteiger partial charge >= 0.3 is 0 Å². The SMILES string of the molecule is CC[C@@H](C)c1ccc(CN)cc1. The monoisotopic (exact) mass is 163 g/mol. The van der Waals surface area contributed by atoms with E-state index in [2.05, 4.69) is 38.1 Å². The van der Waals surface area contributed by atoms with Crippen LogP contribution < -0.4 is 5.73 Å². The minimum atomic E-state index is 0.640. The van der Waals surface area contributed by atoms with Crippen LogP contribution in [0.1, 0.15) is 37.3 Å². The van der Waals surface area contributed by atoms with Gasteiger partial charge in [0.05, 0.1) is 0 Å². The van der Waals surface area contributed by atoms with E-state index in [1.807, 2.05) is 0 Å². The van der Waals surface area contributed by atoms with Gasteiger partial charge in [0.2, 0.25) is 0 Å². The van der Waals surface area contributed by atoms with Gasteiger partial charge in [-0.25, -0.2) is 0 Å². The van der Waals surface area contributed by atoms with Crippen LogP contribution in [-0.2, 0) is 6.54 Å². The second-order valence-corrected chi connectivity index (χ2v) is 3.26. The molecular weight excluding hydrogens is 146 g/mol. The molecule has 0 aromatic heterocycles. The summed E-state index contributed by atoms with van der Waals surface area (Å²) in [5, 5.41) is 0. The molecule has 12 heavy (non-hydrogen) atoms. The summed E-state index contributed by atoms with van der Waals surface area (Å²) < 4.78 is 0. The van der Waals surface area contributed by atoms with Crippen molar-refractivity contribution in [2.75, 3.05) is 0 Å². The molecule has 1 nitrogen and oxygen atoms in total. The average Bonchev–Trinajstić information content (AvgIpc) is 2.17. The molecule has 0 heterocycles. The Hall–Kier alpha value is -0.820. The fraction of sp³-hybridized carbons (Fsp3) is 0.455. The molecule has 1 atom stereocenters. The zero-order valence-corrected chi connectivity index (χ0v) is 7.88. The number of rotatable bonds is 3. The molecular formula is C11H17N. The van der Waals surface area contributed by atoms with Gasteiger partial charge in [0.15, 0.2) is 0 Å². The van der Waals surface area contributed by atoms with Crippen molar-refractivity contribution in [3.8, 4) is 0 Å². The molecule has 0 saturated heterocycles. The van der Waals surface area contributed by atoms with Crippen LogP contribution in [0, 0.1) is 0 Å². The molecule has 0 fully saturated rings. The molecule has 0 radical (unpaired) electrons. The van der Waals surface area contributed by atoms with Gasteiger partial charge in [-0.1, -0.05) is 38.1 Å². The highest BCUT2D eigenvalue weighted by molar-refractivity contribution is 5.24. The topological polar surface area (TPSA) is 26.0 Å². The first kappa shape index (κ1) is 9.27. The van der Waals surface area contributed by atoms with Crippen molar-refractivity contribution in [2.45, 2.75) is 32.7 Å². The lowest BCUT2D eigenvalue weighted by atomic mass is 9.98. The van der Waals surface area contributed by atoms with E-state index in [4.69, 9.17) is 5.73 Å². The van der Waals surface area contributed by atoms with Crippen molar-refractivity contribution >= 4 is 0 Å². The zero-order valence-electron chi connectivity index (χ0n) is 7.88. The first-order chi connectivity index (χ1) is 5.77. The molecule has 0 saturated carbocycles. The molecule has 66 valence electrons. The number of nitrogens with two attached hydrogens (primary N) is 1. The third-order valence-electron chi connectivity index (χ3n) is 2.40. The number of hydrogen-bond donors (Lipinski definition) is 1. The predicted molar refractivity (Wildman–Crippen MR) is 53.0 cm³/mol. The highest BCUT2D eigenvalue weighted by atomic mass is 14.5. The molecule has 0 aliphatic heterocycles. The molecule has 1 heteroatoms. The van der Waals surface area contributed by atoms with E-state index in [1.54, 1.807) is 0 Å². The van der Waals surface area contributed by atoms with Gasteiger partial charge in [0.1, 0.15) is 0 Å². The average molecular weight is 163 g/mol. The standard InChI is InChI=1S/C11H17N/c1-3-9(2)11-6-4-10(8-12)5-7-11/h4-7,9H,3,8,12H2,1-2H3/t9-/m1/s1. The Morgan fingerprint density at radius 1 is 1.25 bits per heavy atom. The molecule has 1 aromatic carbocycles. The molecule has 2 N–H and O–H groups in total. The summed E-state index contributed by atoms with van der Waals surface area (Å²) in [6.45, 7) is 5.10. The highest BCUT2D eigenvalue weighted by Gasteiger charge is 2.00. The van der Waals surface area contributed by atoms with E-state index in [1.165, 1.54) is 17.5 Å². The molecule has 0 unspecified atom stereocenters. The zero-order chi connectivity index (χ0) is 8.97. The highest BCUT2D eigenvalue weighted by Crippen LogP contribution is 2.18. The van der Waals surface area contributed by atoms with Gasteiger partial charge in [-0.3, -0.25) is 0 Å². The van der Waals surface area contributed by atoms with Crippen molar-refractivity contribution in [1.29, 1.82) is 0 Å². The fourth-order valence-corrected chi connectivity index (χ4v) is 1.22. The van der Waals surface area contributed by atoms with E-state index in [9.17, 15) is 0 Å². The maximum atomic E-state index is 5.51. The van der Waals surface area contributed by atoms with Crippen molar-refractivity contribution in [3.05, 3.63) is 35.4 Å². The molecule has 0 bridgehead atoms. The third kappa shape index (κ3) is 2.08. The van der Waals surface area contributed by atoms with E-state index in [0.717, 1.165) is 0 Å². The Balaban J connectivity index is 2.77. The Morgan fingerprint density at radius 3 is 2.25 bits per heavy atom. The Bertz CT molecular complexity index is 225. The lowest BCUT2D eigenvalue weighted by Crippen LogP contribution is -1.97.